The van der Waals surface area contributed by atoms with Gasteiger partial charge in [0.2, 0.25) is 9.84 Å². The lowest BCUT2D eigenvalue weighted by atomic mass is 10.0. The van der Waals surface area contributed by atoms with Crippen molar-refractivity contribution in [1.29, 1.82) is 0 Å². The van der Waals surface area contributed by atoms with Crippen molar-refractivity contribution >= 4 is 27.3 Å². The van der Waals surface area contributed by atoms with Crippen molar-refractivity contribution < 1.29 is 23.4 Å². The van der Waals surface area contributed by atoms with Crippen LogP contribution in [0.4, 0.5) is 0 Å². The fourth-order valence-electron chi connectivity index (χ4n) is 3.74. The van der Waals surface area contributed by atoms with E-state index in [0.29, 0.717) is 42.9 Å². The van der Waals surface area contributed by atoms with Crippen LogP contribution in [0.5, 0.6) is 5.75 Å². The first kappa shape index (κ1) is 26.7. The molecule has 3 aromatic carbocycles. The molecule has 0 bridgehead atoms. The third-order valence-corrected chi connectivity index (χ3v) is 7.64. The number of nitrogens with two attached hydrogens (primary N) is 1. The van der Waals surface area contributed by atoms with Crippen molar-refractivity contribution in [2.45, 2.75) is 42.1 Å². The van der Waals surface area contributed by atoms with Gasteiger partial charge in [0.15, 0.2) is 0 Å². The number of aromatic hydroxyl groups is 1. The molecule has 186 valence electrons. The van der Waals surface area contributed by atoms with Gasteiger partial charge in [0.1, 0.15) is 5.75 Å². The molecule has 0 aliphatic rings. The molecule has 3 rings (SSSR count). The van der Waals surface area contributed by atoms with Crippen LogP contribution in [0.25, 0.3) is 0 Å². The maximum atomic E-state index is 13.2. The van der Waals surface area contributed by atoms with Crippen LogP contribution in [0.1, 0.15) is 46.5 Å². The Hall–Kier alpha value is -2.91. The number of carbonyl (C=O) groups excluding carboxylic acids is 1. The highest BCUT2D eigenvalue weighted by atomic mass is 35.5. The minimum atomic E-state index is -3.92. The summed E-state index contributed by atoms with van der Waals surface area (Å²) in [5.74, 6) is -1.16. The van der Waals surface area contributed by atoms with E-state index in [4.69, 9.17) is 17.3 Å². The summed E-state index contributed by atoms with van der Waals surface area (Å²) in [5.41, 5.74) is 7.15. The van der Waals surface area contributed by atoms with Crippen molar-refractivity contribution in [3.8, 4) is 5.75 Å². The number of nitrogens with one attached hydrogen (secondary N) is 1. The zero-order valence-corrected chi connectivity index (χ0v) is 20.9. The monoisotopic (exact) mass is 516 g/mol. The van der Waals surface area contributed by atoms with Gasteiger partial charge in [-0.3, -0.25) is 4.79 Å². The number of benzene rings is 3. The zero-order chi connectivity index (χ0) is 25.6. The van der Waals surface area contributed by atoms with E-state index < -0.39 is 21.8 Å². The minimum absolute atomic E-state index is 0.0779. The Bertz CT molecular complexity index is 1290. The van der Waals surface area contributed by atoms with Crippen molar-refractivity contribution in [3.63, 3.8) is 0 Å². The third kappa shape index (κ3) is 6.61. The number of primary amides is 1. The number of hydrogen-bond acceptors (Lipinski definition) is 6. The third-order valence-electron chi connectivity index (χ3n) is 5.65. The van der Waals surface area contributed by atoms with Gasteiger partial charge >= 0.3 is 0 Å². The van der Waals surface area contributed by atoms with Crippen molar-refractivity contribution in [2.75, 3.05) is 13.1 Å². The summed E-state index contributed by atoms with van der Waals surface area (Å²) in [6.45, 7) is 2.83. The molecule has 0 spiro atoms. The van der Waals surface area contributed by atoms with Crippen LogP contribution >= 0.6 is 11.6 Å². The quantitative estimate of drug-likeness (QED) is 0.287. The van der Waals surface area contributed by atoms with E-state index in [0.717, 1.165) is 17.2 Å². The lowest BCUT2D eigenvalue weighted by molar-refractivity contribution is 0.0997. The summed E-state index contributed by atoms with van der Waals surface area (Å²) in [6.07, 6.45) is 1.02. The molecule has 7 nitrogen and oxygen atoms in total. The lowest BCUT2D eigenvalue weighted by Gasteiger charge is -2.13. The molecule has 9 heteroatoms. The summed E-state index contributed by atoms with van der Waals surface area (Å²) in [6, 6.07) is 16.1. The predicted molar refractivity (Wildman–Crippen MR) is 135 cm³/mol. The zero-order valence-electron chi connectivity index (χ0n) is 19.4. The van der Waals surface area contributed by atoms with Gasteiger partial charge in [0.25, 0.3) is 5.91 Å². The SMILES string of the molecule is CCCc1cc(S(=O)(=O)c2ccc(CCNC[C@H](O)c3cccc(Cl)c3)cc2)cc(C(N)=O)c1O. The van der Waals surface area contributed by atoms with Crippen LogP contribution < -0.4 is 11.1 Å². The average molecular weight is 517 g/mol. The van der Waals surface area contributed by atoms with Gasteiger partial charge in [-0.2, -0.15) is 0 Å². The summed E-state index contributed by atoms with van der Waals surface area (Å²) < 4.78 is 26.4. The number of aryl methyl sites for hydroxylation is 1. The first-order valence-electron chi connectivity index (χ1n) is 11.3. The lowest BCUT2D eigenvalue weighted by Crippen LogP contribution is -2.23. The molecule has 0 saturated carbocycles. The highest BCUT2D eigenvalue weighted by Crippen LogP contribution is 2.31. The number of phenols is 1. The number of rotatable bonds is 11. The second kappa shape index (κ2) is 11.7. The number of hydrogen-bond donors (Lipinski definition) is 4. The van der Waals surface area contributed by atoms with Crippen LogP contribution in [0.2, 0.25) is 5.02 Å². The normalized spacial score (nSPS) is 12.4. The van der Waals surface area contributed by atoms with Crippen LogP contribution in [0.15, 0.2) is 70.5 Å². The number of carbonyl (C=O) groups is 1. The summed E-state index contributed by atoms with van der Waals surface area (Å²) in [4.78, 5) is 11.7. The first-order chi connectivity index (χ1) is 16.6. The molecule has 5 N–H and O–H groups in total. The topological polar surface area (TPSA) is 130 Å². The summed E-state index contributed by atoms with van der Waals surface area (Å²) in [5, 5.41) is 24.3. The van der Waals surface area contributed by atoms with Gasteiger partial charge in [-0.15, -0.1) is 0 Å². The Morgan fingerprint density at radius 2 is 1.77 bits per heavy atom. The summed E-state index contributed by atoms with van der Waals surface area (Å²) in [7, 11) is -3.92. The maximum Gasteiger partial charge on any atom is 0.252 e. The van der Waals surface area contributed by atoms with Crippen molar-refractivity contribution in [1.82, 2.24) is 5.32 Å². The Morgan fingerprint density at radius 3 is 2.40 bits per heavy atom. The fourth-order valence-corrected chi connectivity index (χ4v) is 5.28. The highest BCUT2D eigenvalue weighted by Gasteiger charge is 2.23. The van der Waals surface area contributed by atoms with Gasteiger partial charge in [0.05, 0.1) is 21.5 Å². The standard InChI is InChI=1S/C26H29ClN2O5S/c1-2-4-19-14-22(15-23(25(19)31)26(28)32)35(33,34)21-9-7-17(8-10-21)11-12-29-16-24(30)18-5-3-6-20(27)13-18/h3,5-10,13-15,24,29-31H,2,4,11-12,16H2,1H3,(H2,28,32)/t24-/m0/s1. The smallest absolute Gasteiger partial charge is 0.252 e. The van der Waals surface area contributed by atoms with E-state index >= 15 is 0 Å². The average Bonchev–Trinajstić information content (AvgIpc) is 2.83. The van der Waals surface area contributed by atoms with E-state index in [-0.39, 0.29) is 21.1 Å². The molecular formula is C26H29ClN2O5S. The molecule has 3 aromatic rings. The van der Waals surface area contributed by atoms with Gasteiger partial charge in [0, 0.05) is 11.6 Å². The van der Waals surface area contributed by atoms with E-state index in [1.165, 1.54) is 18.2 Å². The van der Waals surface area contributed by atoms with E-state index in [2.05, 4.69) is 5.32 Å². The summed E-state index contributed by atoms with van der Waals surface area (Å²) >= 11 is 5.96. The Kier molecular flexibility index (Phi) is 8.91. The van der Waals surface area contributed by atoms with Crippen LogP contribution in [-0.2, 0) is 22.7 Å². The predicted octanol–water partition coefficient (Wildman–Crippen LogP) is 3.80. The number of amides is 1. The van der Waals surface area contributed by atoms with Gasteiger partial charge in [-0.1, -0.05) is 49.2 Å². The molecule has 0 aromatic heterocycles. The van der Waals surface area contributed by atoms with E-state index in [9.17, 15) is 23.4 Å². The van der Waals surface area contributed by atoms with Crippen LogP contribution in [0.3, 0.4) is 0 Å². The number of aliphatic hydroxyl groups is 1. The molecule has 1 atom stereocenters. The second-order valence-corrected chi connectivity index (χ2v) is 10.7. The minimum Gasteiger partial charge on any atom is -0.507 e. The molecule has 0 unspecified atom stereocenters. The molecule has 0 aliphatic carbocycles. The molecule has 35 heavy (non-hydrogen) atoms. The second-order valence-electron chi connectivity index (χ2n) is 8.27. The van der Waals surface area contributed by atoms with Crippen LogP contribution in [0, 0.1) is 0 Å². The molecule has 0 radical (unpaired) electrons. The van der Waals surface area contributed by atoms with Crippen molar-refractivity contribution in [2.24, 2.45) is 5.73 Å². The van der Waals surface area contributed by atoms with E-state index in [1.807, 2.05) is 13.0 Å². The molecular weight excluding hydrogens is 488 g/mol. The van der Waals surface area contributed by atoms with Gasteiger partial charge < -0.3 is 21.3 Å². The molecule has 1 amide bonds. The largest absolute Gasteiger partial charge is 0.507 e. The highest BCUT2D eigenvalue weighted by molar-refractivity contribution is 7.91. The van der Waals surface area contributed by atoms with Crippen molar-refractivity contribution in [3.05, 3.63) is 87.9 Å². The fraction of sp³-hybridized carbons (Fsp3) is 0.269. The van der Waals surface area contributed by atoms with E-state index in [1.54, 1.807) is 30.3 Å². The number of aliphatic hydroxyl groups excluding tert-OH is 1. The molecule has 0 fully saturated rings. The molecule has 0 heterocycles. The van der Waals surface area contributed by atoms with Crippen LogP contribution in [-0.4, -0.2) is 37.6 Å². The van der Waals surface area contributed by atoms with Gasteiger partial charge in [-0.25, -0.2) is 8.42 Å². The Labute approximate surface area is 210 Å². The maximum absolute atomic E-state index is 13.2. The number of halogens is 1. The molecule has 0 aliphatic heterocycles. The molecule has 0 saturated heterocycles. The first-order valence-corrected chi connectivity index (χ1v) is 13.1. The number of sulfone groups is 1. The van der Waals surface area contributed by atoms with Gasteiger partial charge in [-0.05, 0) is 72.5 Å². The Balaban J connectivity index is 1.67. The Morgan fingerprint density at radius 1 is 1.06 bits per heavy atom.